The van der Waals surface area contributed by atoms with E-state index in [2.05, 4.69) is 35.1 Å². The predicted molar refractivity (Wildman–Crippen MR) is 103 cm³/mol. The maximum Gasteiger partial charge on any atom is 0.239 e. The molecule has 0 spiro atoms. The van der Waals surface area contributed by atoms with Gasteiger partial charge in [0.25, 0.3) is 0 Å². The van der Waals surface area contributed by atoms with Crippen LogP contribution in [0.4, 0.5) is 0 Å². The van der Waals surface area contributed by atoms with Crippen molar-refractivity contribution < 1.29 is 4.79 Å². The third-order valence-electron chi connectivity index (χ3n) is 4.96. The standard InChI is InChI=1S/C21H22N4O/c22-12-6-10-16-20(24-25-21(16)26)17-13-19(14-7-2-1-3-8-14)23-18-11-5-4-9-15(17)18/h1-5,7-9,11,13,16,20,24H,6,10,12,22H2,(H,25,26). The highest BCUT2D eigenvalue weighted by molar-refractivity contribution is 5.88. The van der Waals surface area contributed by atoms with Gasteiger partial charge in [-0.25, -0.2) is 10.4 Å². The molecule has 5 heteroatoms. The van der Waals surface area contributed by atoms with Crippen molar-refractivity contribution in [1.29, 1.82) is 0 Å². The van der Waals surface area contributed by atoms with Crippen molar-refractivity contribution in [2.45, 2.75) is 18.9 Å². The van der Waals surface area contributed by atoms with Gasteiger partial charge in [-0.05, 0) is 37.1 Å². The van der Waals surface area contributed by atoms with Crippen LogP contribution in [0.1, 0.15) is 24.4 Å². The molecule has 0 bridgehead atoms. The number of benzene rings is 2. The minimum Gasteiger partial charge on any atom is -0.330 e. The molecule has 3 aromatic rings. The topological polar surface area (TPSA) is 80.0 Å². The number of pyridine rings is 1. The van der Waals surface area contributed by atoms with Gasteiger partial charge in [-0.15, -0.1) is 0 Å². The molecule has 1 amide bonds. The van der Waals surface area contributed by atoms with E-state index < -0.39 is 0 Å². The van der Waals surface area contributed by atoms with Crippen molar-refractivity contribution in [3.8, 4) is 11.3 Å². The molecule has 2 aromatic carbocycles. The monoisotopic (exact) mass is 346 g/mol. The summed E-state index contributed by atoms with van der Waals surface area (Å²) in [5, 5.41) is 1.07. The first-order valence-corrected chi connectivity index (χ1v) is 8.98. The lowest BCUT2D eigenvalue weighted by Gasteiger charge is -2.20. The molecule has 2 atom stereocenters. The summed E-state index contributed by atoms with van der Waals surface area (Å²) in [6.45, 7) is 0.586. The first kappa shape index (κ1) is 16.7. The highest BCUT2D eigenvalue weighted by Gasteiger charge is 2.36. The van der Waals surface area contributed by atoms with Gasteiger partial charge in [0.05, 0.1) is 23.2 Å². The van der Waals surface area contributed by atoms with E-state index in [0.29, 0.717) is 6.54 Å². The zero-order valence-corrected chi connectivity index (χ0v) is 14.5. The van der Waals surface area contributed by atoms with Crippen LogP contribution in [0, 0.1) is 5.92 Å². The van der Waals surface area contributed by atoms with Crippen LogP contribution in [0.3, 0.4) is 0 Å². The minimum absolute atomic E-state index is 0.0330. The summed E-state index contributed by atoms with van der Waals surface area (Å²) < 4.78 is 0. The number of nitrogens with two attached hydrogens (primary N) is 1. The van der Waals surface area contributed by atoms with Gasteiger partial charge in [0.1, 0.15) is 0 Å². The Morgan fingerprint density at radius 3 is 2.62 bits per heavy atom. The Bertz CT molecular complexity index is 926. The summed E-state index contributed by atoms with van der Waals surface area (Å²) in [6.07, 6.45) is 1.59. The average Bonchev–Trinajstić information content (AvgIpc) is 3.06. The van der Waals surface area contributed by atoms with Gasteiger partial charge in [-0.2, -0.15) is 0 Å². The fraction of sp³-hybridized carbons (Fsp3) is 0.238. The lowest BCUT2D eigenvalue weighted by Crippen LogP contribution is -2.27. The number of para-hydroxylation sites is 1. The second-order valence-corrected chi connectivity index (χ2v) is 6.63. The average molecular weight is 346 g/mol. The largest absolute Gasteiger partial charge is 0.330 e. The van der Waals surface area contributed by atoms with Gasteiger partial charge >= 0.3 is 0 Å². The van der Waals surface area contributed by atoms with Gasteiger partial charge in [-0.1, -0.05) is 48.5 Å². The molecule has 2 unspecified atom stereocenters. The van der Waals surface area contributed by atoms with Crippen molar-refractivity contribution in [1.82, 2.24) is 15.8 Å². The third kappa shape index (κ3) is 3.07. The summed E-state index contributed by atoms with van der Waals surface area (Å²) >= 11 is 0. The molecule has 1 fully saturated rings. The van der Waals surface area contributed by atoms with Crippen molar-refractivity contribution in [2.24, 2.45) is 11.7 Å². The van der Waals surface area contributed by atoms with Crippen LogP contribution in [-0.2, 0) is 4.79 Å². The predicted octanol–water partition coefficient (Wildman–Crippen LogP) is 2.93. The minimum atomic E-state index is -0.132. The van der Waals surface area contributed by atoms with Gasteiger partial charge in [0, 0.05) is 10.9 Å². The molecule has 1 saturated heterocycles. The fourth-order valence-corrected chi connectivity index (χ4v) is 3.64. The Labute approximate surface area is 152 Å². The molecular formula is C21H22N4O. The van der Waals surface area contributed by atoms with E-state index in [0.717, 1.165) is 40.6 Å². The van der Waals surface area contributed by atoms with Crippen LogP contribution in [0.2, 0.25) is 0 Å². The Kier molecular flexibility index (Phi) is 4.65. The lowest BCUT2D eigenvalue weighted by molar-refractivity contribution is -0.123. The zero-order chi connectivity index (χ0) is 17.9. The number of fused-ring (bicyclic) bond motifs is 1. The van der Waals surface area contributed by atoms with E-state index in [1.165, 1.54) is 0 Å². The Hall–Kier alpha value is -2.76. The maximum atomic E-state index is 12.3. The summed E-state index contributed by atoms with van der Waals surface area (Å²) in [6, 6.07) is 20.2. The first-order valence-electron chi connectivity index (χ1n) is 8.98. The highest BCUT2D eigenvalue weighted by Crippen LogP contribution is 2.35. The summed E-state index contributed by atoms with van der Waals surface area (Å²) in [5.41, 5.74) is 15.7. The number of aromatic nitrogens is 1. The number of nitrogens with zero attached hydrogens (tertiary/aromatic N) is 1. The number of hydrogen-bond acceptors (Lipinski definition) is 4. The van der Waals surface area contributed by atoms with Crippen LogP contribution in [0.5, 0.6) is 0 Å². The van der Waals surface area contributed by atoms with Crippen LogP contribution >= 0.6 is 0 Å². The molecule has 132 valence electrons. The van der Waals surface area contributed by atoms with E-state index in [4.69, 9.17) is 10.7 Å². The molecule has 5 nitrogen and oxygen atoms in total. The molecule has 26 heavy (non-hydrogen) atoms. The molecule has 2 heterocycles. The third-order valence-corrected chi connectivity index (χ3v) is 4.96. The number of hydrazine groups is 1. The molecule has 1 aliphatic rings. The van der Waals surface area contributed by atoms with Crippen molar-refractivity contribution in [2.75, 3.05) is 6.54 Å². The number of amides is 1. The lowest BCUT2D eigenvalue weighted by atomic mass is 9.88. The molecule has 0 aliphatic carbocycles. The molecule has 0 radical (unpaired) electrons. The molecule has 4 rings (SSSR count). The van der Waals surface area contributed by atoms with Crippen molar-refractivity contribution in [3.63, 3.8) is 0 Å². The van der Waals surface area contributed by atoms with E-state index in [9.17, 15) is 4.79 Å². The van der Waals surface area contributed by atoms with E-state index >= 15 is 0 Å². The number of carbonyl (C=O) groups excluding carboxylic acids is 1. The summed E-state index contributed by atoms with van der Waals surface area (Å²) in [4.78, 5) is 17.2. The molecule has 1 aromatic heterocycles. The maximum absolute atomic E-state index is 12.3. The Morgan fingerprint density at radius 1 is 1.04 bits per heavy atom. The van der Waals surface area contributed by atoms with Crippen LogP contribution in [0.15, 0.2) is 60.7 Å². The molecular weight excluding hydrogens is 324 g/mol. The first-order chi connectivity index (χ1) is 12.8. The molecule has 0 saturated carbocycles. The van der Waals surface area contributed by atoms with E-state index in [1.54, 1.807) is 0 Å². The number of carbonyl (C=O) groups is 1. The van der Waals surface area contributed by atoms with Crippen LogP contribution < -0.4 is 16.6 Å². The van der Waals surface area contributed by atoms with E-state index in [1.807, 2.05) is 36.4 Å². The second kappa shape index (κ2) is 7.23. The number of hydrogen-bond donors (Lipinski definition) is 3. The van der Waals surface area contributed by atoms with Gasteiger partial charge in [0.15, 0.2) is 0 Å². The zero-order valence-electron chi connectivity index (χ0n) is 14.5. The van der Waals surface area contributed by atoms with Crippen molar-refractivity contribution >= 4 is 16.8 Å². The van der Waals surface area contributed by atoms with Gasteiger partial charge in [-0.3, -0.25) is 10.2 Å². The molecule has 1 aliphatic heterocycles. The Balaban J connectivity index is 1.84. The Morgan fingerprint density at radius 2 is 1.81 bits per heavy atom. The van der Waals surface area contributed by atoms with Crippen LogP contribution in [-0.4, -0.2) is 17.4 Å². The summed E-state index contributed by atoms with van der Waals surface area (Å²) in [7, 11) is 0. The van der Waals surface area contributed by atoms with E-state index in [-0.39, 0.29) is 17.9 Å². The smallest absolute Gasteiger partial charge is 0.239 e. The van der Waals surface area contributed by atoms with Gasteiger partial charge < -0.3 is 5.73 Å². The SMILES string of the molecule is NCCCC1C(=O)NNC1c1cc(-c2ccccc2)nc2ccccc12. The normalized spacial score (nSPS) is 19.7. The summed E-state index contributed by atoms with van der Waals surface area (Å²) in [5.74, 6) is -0.0985. The van der Waals surface area contributed by atoms with Crippen molar-refractivity contribution in [3.05, 3.63) is 66.2 Å². The van der Waals surface area contributed by atoms with Crippen LogP contribution in [0.25, 0.3) is 22.2 Å². The highest BCUT2D eigenvalue weighted by atomic mass is 16.2. The number of rotatable bonds is 5. The fourth-order valence-electron chi connectivity index (χ4n) is 3.64. The molecule has 4 N–H and O–H groups in total. The second-order valence-electron chi connectivity index (χ2n) is 6.63. The van der Waals surface area contributed by atoms with Gasteiger partial charge in [0.2, 0.25) is 5.91 Å². The number of nitrogens with one attached hydrogen (secondary N) is 2. The quantitative estimate of drug-likeness (QED) is 0.664.